The third-order valence-corrected chi connectivity index (χ3v) is 3.76. The summed E-state index contributed by atoms with van der Waals surface area (Å²) in [6, 6.07) is 20.2. The van der Waals surface area contributed by atoms with Gasteiger partial charge in [-0.25, -0.2) is 4.98 Å². The average Bonchev–Trinajstić information content (AvgIpc) is 2.63. The van der Waals surface area contributed by atoms with E-state index in [2.05, 4.69) is 58.9 Å². The van der Waals surface area contributed by atoms with E-state index in [4.69, 9.17) is 4.74 Å². The number of rotatable bonds is 6. The van der Waals surface area contributed by atoms with Crippen LogP contribution in [0.4, 0.5) is 17.2 Å². The van der Waals surface area contributed by atoms with Crippen LogP contribution in [0.3, 0.4) is 0 Å². The third-order valence-electron chi connectivity index (χ3n) is 3.76. The summed E-state index contributed by atoms with van der Waals surface area (Å²) < 4.78 is 5.19. The molecule has 0 aliphatic rings. The molecule has 0 saturated carbocycles. The minimum absolute atomic E-state index is 0.721. The lowest BCUT2D eigenvalue weighted by atomic mass is 10.2. The van der Waals surface area contributed by atoms with Crippen molar-refractivity contribution in [2.45, 2.75) is 13.5 Å². The summed E-state index contributed by atoms with van der Waals surface area (Å²) in [5.74, 6) is 1.68. The average molecular weight is 319 g/mol. The van der Waals surface area contributed by atoms with Crippen LogP contribution in [-0.4, -0.2) is 12.1 Å². The summed E-state index contributed by atoms with van der Waals surface area (Å²) in [4.78, 5) is 4.44. The van der Waals surface area contributed by atoms with Crippen LogP contribution < -0.4 is 15.4 Å². The van der Waals surface area contributed by atoms with Crippen molar-refractivity contribution in [3.05, 3.63) is 78.0 Å². The molecule has 4 heteroatoms. The van der Waals surface area contributed by atoms with Crippen molar-refractivity contribution in [3.8, 4) is 5.75 Å². The van der Waals surface area contributed by atoms with E-state index in [1.165, 1.54) is 11.1 Å². The maximum atomic E-state index is 5.19. The first-order chi connectivity index (χ1) is 11.7. The Morgan fingerprint density at radius 3 is 2.42 bits per heavy atom. The molecule has 0 atom stereocenters. The molecule has 0 amide bonds. The minimum Gasteiger partial charge on any atom is -0.497 e. The number of aromatic nitrogens is 1. The molecule has 0 aliphatic carbocycles. The molecule has 0 spiro atoms. The normalized spacial score (nSPS) is 10.2. The predicted molar refractivity (Wildman–Crippen MR) is 99.0 cm³/mol. The molecule has 0 saturated heterocycles. The molecule has 4 nitrogen and oxygen atoms in total. The second-order valence-corrected chi connectivity index (χ2v) is 5.59. The van der Waals surface area contributed by atoms with Gasteiger partial charge in [0.25, 0.3) is 0 Å². The van der Waals surface area contributed by atoms with Crippen LogP contribution in [0.1, 0.15) is 11.1 Å². The zero-order valence-electron chi connectivity index (χ0n) is 13.9. The first kappa shape index (κ1) is 15.9. The molecule has 24 heavy (non-hydrogen) atoms. The van der Waals surface area contributed by atoms with E-state index in [0.29, 0.717) is 0 Å². The molecule has 0 fully saturated rings. The molecular formula is C20H21N3O. The van der Waals surface area contributed by atoms with Crippen LogP contribution in [0.25, 0.3) is 0 Å². The van der Waals surface area contributed by atoms with E-state index >= 15 is 0 Å². The minimum atomic E-state index is 0.721. The topological polar surface area (TPSA) is 46.2 Å². The number of pyridine rings is 1. The summed E-state index contributed by atoms with van der Waals surface area (Å²) in [5.41, 5.74) is 4.40. The van der Waals surface area contributed by atoms with Gasteiger partial charge in [0.2, 0.25) is 0 Å². The molecule has 1 heterocycles. The first-order valence-electron chi connectivity index (χ1n) is 7.90. The maximum Gasteiger partial charge on any atom is 0.153 e. The van der Waals surface area contributed by atoms with Crippen LogP contribution in [0.5, 0.6) is 5.75 Å². The van der Waals surface area contributed by atoms with Gasteiger partial charge in [-0.05, 0) is 48.9 Å². The molecule has 0 bridgehead atoms. The Morgan fingerprint density at radius 2 is 1.71 bits per heavy atom. The van der Waals surface area contributed by atoms with Gasteiger partial charge in [-0.2, -0.15) is 0 Å². The SMILES string of the molecule is COc1ccc(CNc2cccnc2Nc2ccc(C)cc2)cc1. The Labute approximate surface area is 142 Å². The fraction of sp³-hybridized carbons (Fsp3) is 0.150. The molecule has 3 aromatic rings. The van der Waals surface area contributed by atoms with Gasteiger partial charge >= 0.3 is 0 Å². The van der Waals surface area contributed by atoms with Crippen molar-refractivity contribution in [3.63, 3.8) is 0 Å². The van der Waals surface area contributed by atoms with Gasteiger partial charge in [-0.15, -0.1) is 0 Å². The van der Waals surface area contributed by atoms with Crippen LogP contribution in [0, 0.1) is 6.92 Å². The standard InChI is InChI=1S/C20H21N3O/c1-15-5-9-17(10-6-15)23-20-19(4-3-13-21-20)22-14-16-7-11-18(24-2)12-8-16/h3-13,22H,14H2,1-2H3,(H,21,23). The van der Waals surface area contributed by atoms with Gasteiger partial charge in [0.05, 0.1) is 12.8 Å². The number of hydrogen-bond donors (Lipinski definition) is 2. The molecule has 1 aromatic heterocycles. The summed E-state index contributed by atoms with van der Waals surface area (Å²) in [6.07, 6.45) is 1.79. The van der Waals surface area contributed by atoms with Crippen LogP contribution in [0.2, 0.25) is 0 Å². The highest BCUT2D eigenvalue weighted by Crippen LogP contribution is 2.23. The van der Waals surface area contributed by atoms with Gasteiger partial charge in [-0.1, -0.05) is 29.8 Å². The van der Waals surface area contributed by atoms with Gasteiger partial charge in [0.1, 0.15) is 5.75 Å². The predicted octanol–water partition coefficient (Wildman–Crippen LogP) is 4.75. The van der Waals surface area contributed by atoms with Crippen molar-refractivity contribution in [2.75, 3.05) is 17.7 Å². The van der Waals surface area contributed by atoms with Crippen LogP contribution >= 0.6 is 0 Å². The van der Waals surface area contributed by atoms with Crippen molar-refractivity contribution in [1.29, 1.82) is 0 Å². The summed E-state index contributed by atoms with van der Waals surface area (Å²) >= 11 is 0. The summed E-state index contributed by atoms with van der Waals surface area (Å²) in [6.45, 7) is 2.80. The second kappa shape index (κ2) is 7.51. The fourth-order valence-corrected chi connectivity index (χ4v) is 2.36. The van der Waals surface area contributed by atoms with Crippen LogP contribution in [0.15, 0.2) is 66.9 Å². The van der Waals surface area contributed by atoms with Crippen molar-refractivity contribution in [1.82, 2.24) is 4.98 Å². The van der Waals surface area contributed by atoms with Crippen molar-refractivity contribution < 1.29 is 4.74 Å². The van der Waals surface area contributed by atoms with Gasteiger partial charge < -0.3 is 15.4 Å². The number of methoxy groups -OCH3 is 1. The fourth-order valence-electron chi connectivity index (χ4n) is 2.36. The molecule has 122 valence electrons. The molecule has 0 aliphatic heterocycles. The number of hydrogen-bond acceptors (Lipinski definition) is 4. The number of aryl methyl sites for hydroxylation is 1. The highest BCUT2D eigenvalue weighted by molar-refractivity contribution is 5.70. The zero-order chi connectivity index (χ0) is 16.8. The molecule has 2 aromatic carbocycles. The monoisotopic (exact) mass is 319 g/mol. The lowest BCUT2D eigenvalue weighted by molar-refractivity contribution is 0.414. The van der Waals surface area contributed by atoms with E-state index in [1.807, 2.05) is 24.3 Å². The largest absolute Gasteiger partial charge is 0.497 e. The van der Waals surface area contributed by atoms with Crippen LogP contribution in [-0.2, 0) is 6.54 Å². The van der Waals surface area contributed by atoms with E-state index in [0.717, 1.165) is 29.5 Å². The van der Waals surface area contributed by atoms with E-state index in [-0.39, 0.29) is 0 Å². The number of anilines is 3. The number of ether oxygens (including phenoxy) is 1. The van der Waals surface area contributed by atoms with Gasteiger partial charge in [-0.3, -0.25) is 0 Å². The number of nitrogens with zero attached hydrogens (tertiary/aromatic N) is 1. The molecule has 0 unspecified atom stereocenters. The lowest BCUT2D eigenvalue weighted by Crippen LogP contribution is -2.04. The highest BCUT2D eigenvalue weighted by Gasteiger charge is 2.04. The third kappa shape index (κ3) is 4.04. The molecule has 2 N–H and O–H groups in total. The Morgan fingerprint density at radius 1 is 0.958 bits per heavy atom. The van der Waals surface area contributed by atoms with Gasteiger partial charge in [0.15, 0.2) is 5.82 Å². The number of benzene rings is 2. The maximum absolute atomic E-state index is 5.19. The Bertz CT molecular complexity index is 783. The summed E-state index contributed by atoms with van der Waals surface area (Å²) in [7, 11) is 1.67. The Kier molecular flexibility index (Phi) is 4.96. The zero-order valence-corrected chi connectivity index (χ0v) is 13.9. The summed E-state index contributed by atoms with van der Waals surface area (Å²) in [5, 5.41) is 6.79. The van der Waals surface area contributed by atoms with Crippen molar-refractivity contribution in [2.24, 2.45) is 0 Å². The first-order valence-corrected chi connectivity index (χ1v) is 7.90. The van der Waals surface area contributed by atoms with E-state index < -0.39 is 0 Å². The van der Waals surface area contributed by atoms with Crippen molar-refractivity contribution >= 4 is 17.2 Å². The van der Waals surface area contributed by atoms with Gasteiger partial charge in [0, 0.05) is 18.4 Å². The Balaban J connectivity index is 1.70. The molecular weight excluding hydrogens is 298 g/mol. The smallest absolute Gasteiger partial charge is 0.153 e. The molecule has 0 radical (unpaired) electrons. The van der Waals surface area contributed by atoms with E-state index in [9.17, 15) is 0 Å². The number of nitrogens with one attached hydrogen (secondary N) is 2. The lowest BCUT2D eigenvalue weighted by Gasteiger charge is -2.13. The quantitative estimate of drug-likeness (QED) is 0.688. The highest BCUT2D eigenvalue weighted by atomic mass is 16.5. The molecule has 3 rings (SSSR count). The Hall–Kier alpha value is -3.01. The van der Waals surface area contributed by atoms with E-state index in [1.54, 1.807) is 13.3 Å². The second-order valence-electron chi connectivity index (χ2n) is 5.59.